The number of aromatic carboxylic acids is 1. The topological polar surface area (TPSA) is 440 Å². The minimum Gasteiger partial charge on any atom is -0.478 e. The number of carboxylic acid groups (broad SMARTS) is 1. The van der Waals surface area contributed by atoms with E-state index in [9.17, 15) is 67.1 Å². The molecule has 12 aromatic rings. The first-order valence-corrected chi connectivity index (χ1v) is 34.3. The van der Waals surface area contributed by atoms with Crippen LogP contribution in [0.3, 0.4) is 0 Å². The van der Waals surface area contributed by atoms with Crippen molar-refractivity contribution in [3.63, 3.8) is 0 Å². The largest absolute Gasteiger partial charge is 0.478 e. The highest BCUT2D eigenvalue weighted by atomic mass is 35.5. The number of nitrogens with two attached hydrogens (primary N) is 2. The lowest BCUT2D eigenvalue weighted by atomic mass is 10.1. The molecule has 113 heavy (non-hydrogen) atoms. The van der Waals surface area contributed by atoms with Gasteiger partial charge in [-0.25, -0.2) is 62.2 Å². The van der Waals surface area contributed by atoms with Gasteiger partial charge >= 0.3 is 23.0 Å². The minimum atomic E-state index is -0.996. The van der Waals surface area contributed by atoms with Crippen LogP contribution in [0, 0.1) is 53.6 Å². The number of aromatic nitrogens is 8. The molecule has 3 amide bonds. The normalized spacial score (nSPS) is 12.1. The average molecular weight is 1580 g/mol. The number of pyridine rings is 8. The summed E-state index contributed by atoms with van der Waals surface area (Å²) in [5.41, 5.74) is 16.0. The number of rotatable bonds is 16. The zero-order valence-corrected chi connectivity index (χ0v) is 60.2. The highest BCUT2D eigenvalue weighted by Gasteiger charge is 2.24. The molecular weight excluding hydrogens is 1520 g/mol. The summed E-state index contributed by atoms with van der Waals surface area (Å²) in [5, 5.41) is 56.2. The van der Waals surface area contributed by atoms with E-state index in [2.05, 4.69) is 76.3 Å². The van der Waals surface area contributed by atoms with Gasteiger partial charge in [0.2, 0.25) is 17.5 Å². The first kappa shape index (κ1) is 81.1. The Morgan fingerprint density at radius 3 is 1.00 bits per heavy atom. The Balaban J connectivity index is 0.000000155. The molecule has 0 atom stereocenters. The maximum Gasteiger partial charge on any atom is 0.337 e. The highest BCUT2D eigenvalue weighted by molar-refractivity contribution is 6.29. The molecule has 2 aliphatic heterocycles. The molecule has 37 heteroatoms. The molecule has 2 aliphatic rings. The number of amides is 3. The van der Waals surface area contributed by atoms with E-state index >= 15 is 0 Å². The summed E-state index contributed by atoms with van der Waals surface area (Å²) in [6, 6.07) is 46.7. The lowest BCUT2D eigenvalue weighted by Gasteiger charge is -2.28. The molecule has 4 aromatic carbocycles. The molecule has 8 aromatic heterocycles. The monoisotopic (exact) mass is 1580 g/mol. The van der Waals surface area contributed by atoms with Gasteiger partial charge in [0.05, 0.1) is 65.5 Å². The summed E-state index contributed by atoms with van der Waals surface area (Å²) in [5.74, 6) is -2.75. The number of carboxylic acids is 1. The fourth-order valence-corrected chi connectivity index (χ4v) is 10.7. The number of halogens is 6. The van der Waals surface area contributed by atoms with E-state index < -0.39 is 44.2 Å². The third kappa shape index (κ3) is 22.8. The van der Waals surface area contributed by atoms with Crippen LogP contribution >= 0.6 is 23.2 Å². The molecule has 0 aliphatic carbocycles. The van der Waals surface area contributed by atoms with E-state index in [-0.39, 0.29) is 79.7 Å². The van der Waals surface area contributed by atoms with Gasteiger partial charge in [-0.15, -0.1) is 0 Å². The van der Waals surface area contributed by atoms with Gasteiger partial charge in [0, 0.05) is 118 Å². The number of hydrogen-bond donors (Lipinski definition) is 8. The molecule has 10 heterocycles. The molecule has 0 saturated carbocycles. The SMILES string of the molecule is Nc1ccc(-c2ccc(F)cc2)nc1NC(=O)c1ccc(N2CCNCC2)nc1.Nc1nc(-c2ccc(F)cc2)ccc1[N+](=O)[O-].O=C(Nc1nc(-c2ccc(F)cc2)ccc1[N+](=O)[O-])c1ccc(Cl)nc1.O=C(Nc1nc(-c2ccc(F)cc2)ccc1[N+](=O)[O-])c1ccc(N2CCNCC2)nc1.O=C(O)c1ccc(Cl)nc1. The van der Waals surface area contributed by atoms with Gasteiger partial charge in [0.15, 0.2) is 5.82 Å². The van der Waals surface area contributed by atoms with Gasteiger partial charge < -0.3 is 53.0 Å². The van der Waals surface area contributed by atoms with Crippen molar-refractivity contribution in [1.82, 2.24) is 50.5 Å². The van der Waals surface area contributed by atoms with E-state index in [0.29, 0.717) is 55.9 Å². The standard InChI is InChI=1S/C21H19FN6O3.C21H21FN6O.C17H10ClFN4O3.C11H8FN3O2.C6H4ClNO2/c22-16-4-1-14(2-5-16)17-6-7-18(28(30)31)20(25-17)26-21(29)15-3-8-19(24-13-15)27-11-9-23-10-12-27;22-16-4-1-14(2-5-16)18-7-6-17(23)20(26-18)27-21(29)15-3-8-19(25-13-15)28-11-9-24-10-12-28;18-15-8-3-11(9-20-15)17(24)22-16-14(23(25)26)7-6-13(21-16)10-1-4-12(19)5-2-10;12-8-3-1-7(2-4-8)9-5-6-10(15(16)17)11(13)14-9;7-5-2-1-4(3-8-5)6(9)10/h1-8,13,23H,9-12H2,(H,25,26,29);1-8,13,24H,9-12,23H2,(H,26,27,29);1-9H,(H,21,22,24);1-6H,(H2,13,14);1-3H,(H,9,10). The maximum absolute atomic E-state index is 13.2. The van der Waals surface area contributed by atoms with Gasteiger partial charge in [0.25, 0.3) is 17.7 Å². The fourth-order valence-electron chi connectivity index (χ4n) is 10.5. The van der Waals surface area contributed by atoms with Crippen molar-refractivity contribution in [2.75, 3.05) is 89.6 Å². The van der Waals surface area contributed by atoms with Crippen LogP contribution in [-0.2, 0) is 0 Å². The molecule has 0 unspecified atom stereocenters. The van der Waals surface area contributed by atoms with Crippen LogP contribution in [0.2, 0.25) is 10.3 Å². The van der Waals surface area contributed by atoms with Crippen molar-refractivity contribution in [1.29, 1.82) is 0 Å². The van der Waals surface area contributed by atoms with E-state index in [1.807, 2.05) is 6.07 Å². The first-order valence-electron chi connectivity index (χ1n) is 33.6. The number of anilines is 7. The molecule has 14 rings (SSSR count). The van der Waals surface area contributed by atoms with Gasteiger partial charge in [-0.3, -0.25) is 44.7 Å². The number of nitrogen functional groups attached to an aromatic ring is 2. The summed E-state index contributed by atoms with van der Waals surface area (Å²) < 4.78 is 52.1. The third-order valence-corrected chi connectivity index (χ3v) is 16.7. The van der Waals surface area contributed by atoms with Crippen molar-refractivity contribution < 1.29 is 56.6 Å². The predicted octanol–water partition coefficient (Wildman–Crippen LogP) is 13.3. The van der Waals surface area contributed by atoms with Crippen LogP contribution < -0.4 is 47.9 Å². The van der Waals surface area contributed by atoms with Crippen molar-refractivity contribution in [2.45, 2.75) is 0 Å². The van der Waals surface area contributed by atoms with Crippen LogP contribution in [0.5, 0.6) is 0 Å². The average Bonchev–Trinajstić information content (AvgIpc) is 0.813. The molecule has 2 fully saturated rings. The zero-order valence-electron chi connectivity index (χ0n) is 58.7. The summed E-state index contributed by atoms with van der Waals surface area (Å²) in [6.45, 7) is 6.98. The van der Waals surface area contributed by atoms with Crippen LogP contribution in [-0.4, -0.2) is 136 Å². The van der Waals surface area contributed by atoms with Crippen LogP contribution in [0.1, 0.15) is 41.4 Å². The lowest BCUT2D eigenvalue weighted by Crippen LogP contribution is -2.43. The Bertz CT molecular complexity index is 5380. The minimum absolute atomic E-state index is 0.143. The second-order valence-electron chi connectivity index (χ2n) is 23.9. The van der Waals surface area contributed by atoms with Crippen LogP contribution in [0.4, 0.5) is 75.2 Å². The predicted molar refractivity (Wildman–Crippen MR) is 415 cm³/mol. The Hall–Kier alpha value is -14.4. The number of nitrogens with zero attached hydrogens (tertiary/aromatic N) is 13. The molecule has 31 nitrogen and oxygen atoms in total. The number of piperazine rings is 2. The summed E-state index contributed by atoms with van der Waals surface area (Å²) >= 11 is 11.1. The molecule has 10 N–H and O–H groups in total. The van der Waals surface area contributed by atoms with Gasteiger partial charge in [0.1, 0.15) is 45.2 Å². The summed E-state index contributed by atoms with van der Waals surface area (Å²) in [4.78, 5) is 116. The van der Waals surface area contributed by atoms with Crippen molar-refractivity contribution in [3.05, 3.63) is 305 Å². The number of hydrogen-bond acceptors (Lipinski definition) is 24. The van der Waals surface area contributed by atoms with E-state index in [4.69, 9.17) is 39.8 Å². The fraction of sp³-hybridized carbons (Fsp3) is 0.105. The number of carbonyl (C=O) groups excluding carboxylic acids is 3. The number of carbonyl (C=O) groups is 4. The van der Waals surface area contributed by atoms with Crippen molar-refractivity contribution in [2.24, 2.45) is 0 Å². The van der Waals surface area contributed by atoms with E-state index in [1.54, 1.807) is 48.7 Å². The molecule has 0 bridgehead atoms. The number of benzene rings is 4. The van der Waals surface area contributed by atoms with Crippen molar-refractivity contribution in [3.8, 4) is 45.0 Å². The van der Waals surface area contributed by atoms with E-state index in [0.717, 1.165) is 69.6 Å². The number of nitrogens with one attached hydrogen (secondary N) is 5. The maximum atomic E-state index is 13.2. The Morgan fingerprint density at radius 2 is 0.690 bits per heavy atom. The molecule has 0 spiro atoms. The van der Waals surface area contributed by atoms with Gasteiger partial charge in [-0.2, -0.15) is 0 Å². The smallest absolute Gasteiger partial charge is 0.337 e. The van der Waals surface area contributed by atoms with Gasteiger partial charge in [-0.1, -0.05) is 23.2 Å². The first-order chi connectivity index (χ1) is 54.3. The summed E-state index contributed by atoms with van der Waals surface area (Å²) in [6.07, 6.45) is 5.44. The number of nitro groups is 3. The Morgan fingerprint density at radius 1 is 0.389 bits per heavy atom. The van der Waals surface area contributed by atoms with Crippen LogP contribution in [0.15, 0.2) is 219 Å². The van der Waals surface area contributed by atoms with Crippen molar-refractivity contribution >= 4 is 105 Å². The quantitative estimate of drug-likeness (QED) is 0.0193. The van der Waals surface area contributed by atoms with Gasteiger partial charge in [-0.05, 0) is 176 Å². The zero-order chi connectivity index (χ0) is 80.7. The molecule has 2 saturated heterocycles. The third-order valence-electron chi connectivity index (χ3n) is 16.3. The van der Waals surface area contributed by atoms with Crippen LogP contribution in [0.25, 0.3) is 45.0 Å². The second-order valence-corrected chi connectivity index (χ2v) is 24.6. The Labute approximate surface area is 648 Å². The lowest BCUT2D eigenvalue weighted by molar-refractivity contribution is -0.384. The molecule has 0 radical (unpaired) electrons. The summed E-state index contributed by atoms with van der Waals surface area (Å²) in [7, 11) is 0. The molecular formula is C76H62Cl2F4N20O11. The molecule has 574 valence electrons. The van der Waals surface area contributed by atoms with E-state index in [1.165, 1.54) is 164 Å². The highest BCUT2D eigenvalue weighted by Crippen LogP contribution is 2.32. The second kappa shape index (κ2) is 38.6. The Kier molecular flexibility index (Phi) is 27.7.